The van der Waals surface area contributed by atoms with Crippen LogP contribution in [0.4, 0.5) is 11.5 Å². The molecule has 7 nitrogen and oxygen atoms in total. The highest BCUT2D eigenvalue weighted by Crippen LogP contribution is 2.28. The van der Waals surface area contributed by atoms with Gasteiger partial charge in [-0.1, -0.05) is 47.6 Å². The maximum absolute atomic E-state index is 12.8. The third kappa shape index (κ3) is 6.30. The Labute approximate surface area is 203 Å². The van der Waals surface area contributed by atoms with Crippen LogP contribution in [0.3, 0.4) is 0 Å². The number of nitrogens with one attached hydrogen (secondary N) is 1. The molecule has 3 aromatic rings. The first-order valence-corrected chi connectivity index (χ1v) is 12.1. The maximum atomic E-state index is 12.8. The third-order valence-electron chi connectivity index (χ3n) is 5.43. The van der Waals surface area contributed by atoms with Crippen LogP contribution in [0.15, 0.2) is 66.0 Å². The number of rotatable bonds is 8. The van der Waals surface area contributed by atoms with E-state index in [4.69, 9.17) is 16.3 Å². The molecule has 0 spiro atoms. The minimum Gasteiger partial charge on any atom is -0.495 e. The number of para-hydroxylation sites is 2. The number of thioether (sulfide) groups is 1. The van der Waals surface area contributed by atoms with Crippen molar-refractivity contribution >= 4 is 40.8 Å². The molecule has 1 saturated heterocycles. The van der Waals surface area contributed by atoms with Gasteiger partial charge in [0.05, 0.1) is 18.6 Å². The number of carbonyl (C=O) groups is 1. The zero-order valence-corrected chi connectivity index (χ0v) is 20.0. The Balaban J connectivity index is 1.25. The van der Waals surface area contributed by atoms with Gasteiger partial charge in [0.1, 0.15) is 22.9 Å². The Morgan fingerprint density at radius 3 is 2.61 bits per heavy atom. The summed E-state index contributed by atoms with van der Waals surface area (Å²) in [5.41, 5.74) is 2.18. The average Bonchev–Trinajstić information content (AvgIpc) is 2.87. The monoisotopic (exact) mass is 483 g/mol. The molecule has 1 aliphatic rings. The van der Waals surface area contributed by atoms with Gasteiger partial charge in [-0.25, -0.2) is 9.97 Å². The molecular formula is C24H26ClN5O2S. The van der Waals surface area contributed by atoms with Gasteiger partial charge in [-0.15, -0.1) is 0 Å². The molecule has 4 rings (SSSR count). The van der Waals surface area contributed by atoms with E-state index in [0.717, 1.165) is 40.9 Å². The van der Waals surface area contributed by atoms with Crippen LogP contribution in [0.5, 0.6) is 5.75 Å². The molecule has 1 amide bonds. The van der Waals surface area contributed by atoms with Gasteiger partial charge < -0.3 is 19.9 Å². The van der Waals surface area contributed by atoms with Gasteiger partial charge >= 0.3 is 0 Å². The van der Waals surface area contributed by atoms with E-state index in [0.29, 0.717) is 30.4 Å². The summed E-state index contributed by atoms with van der Waals surface area (Å²) < 4.78 is 5.47. The zero-order valence-electron chi connectivity index (χ0n) is 18.4. The second-order valence-electron chi connectivity index (χ2n) is 7.55. The topological polar surface area (TPSA) is 70.6 Å². The summed E-state index contributed by atoms with van der Waals surface area (Å²) in [6, 6.07) is 17.5. The predicted octanol–water partition coefficient (Wildman–Crippen LogP) is 4.19. The van der Waals surface area contributed by atoms with Gasteiger partial charge in [-0.3, -0.25) is 4.79 Å². The minimum absolute atomic E-state index is 0.119. The fourth-order valence-electron chi connectivity index (χ4n) is 3.62. The second kappa shape index (κ2) is 11.2. The molecule has 1 fully saturated rings. The number of anilines is 2. The van der Waals surface area contributed by atoms with Crippen molar-refractivity contribution < 1.29 is 9.53 Å². The lowest BCUT2D eigenvalue weighted by atomic mass is 10.2. The number of hydrogen-bond acceptors (Lipinski definition) is 7. The van der Waals surface area contributed by atoms with E-state index in [-0.39, 0.29) is 5.91 Å². The highest BCUT2D eigenvalue weighted by molar-refractivity contribution is 7.99. The van der Waals surface area contributed by atoms with Crippen LogP contribution in [0, 0.1) is 0 Å². The average molecular weight is 484 g/mol. The third-order valence-corrected chi connectivity index (χ3v) is 6.59. The highest BCUT2D eigenvalue weighted by Gasteiger charge is 2.23. The molecule has 0 unspecified atom stereocenters. The Morgan fingerprint density at radius 1 is 1.09 bits per heavy atom. The molecule has 1 aliphatic heterocycles. The van der Waals surface area contributed by atoms with E-state index in [9.17, 15) is 4.79 Å². The Hall–Kier alpha value is -2.97. The summed E-state index contributed by atoms with van der Waals surface area (Å²) >= 11 is 7.36. The van der Waals surface area contributed by atoms with Crippen LogP contribution in [0.1, 0.15) is 5.56 Å². The SMILES string of the molecule is COc1ccccc1N1CCN(C(=O)CSc2cc(NCc3ccc(Cl)cc3)ncn2)CC1. The van der Waals surface area contributed by atoms with E-state index in [1.807, 2.05) is 53.4 Å². The van der Waals surface area contributed by atoms with E-state index in [1.165, 1.54) is 18.1 Å². The molecule has 0 radical (unpaired) electrons. The summed E-state index contributed by atoms with van der Waals surface area (Å²) in [5, 5.41) is 4.76. The molecule has 2 aromatic carbocycles. The fraction of sp³-hybridized carbons (Fsp3) is 0.292. The first kappa shape index (κ1) is 23.2. The van der Waals surface area contributed by atoms with Gasteiger partial charge in [0.15, 0.2) is 0 Å². The lowest BCUT2D eigenvalue weighted by Crippen LogP contribution is -2.49. The molecule has 1 N–H and O–H groups in total. The molecule has 172 valence electrons. The van der Waals surface area contributed by atoms with Crippen molar-refractivity contribution in [3.63, 3.8) is 0 Å². The molecule has 1 aromatic heterocycles. The van der Waals surface area contributed by atoms with Crippen molar-refractivity contribution in [3.05, 3.63) is 71.5 Å². The van der Waals surface area contributed by atoms with Gasteiger partial charge in [-0.05, 0) is 29.8 Å². The molecule has 0 atom stereocenters. The predicted molar refractivity (Wildman–Crippen MR) is 133 cm³/mol. The van der Waals surface area contributed by atoms with E-state index < -0.39 is 0 Å². The summed E-state index contributed by atoms with van der Waals surface area (Å²) in [6.07, 6.45) is 1.52. The zero-order chi connectivity index (χ0) is 23.0. The molecule has 33 heavy (non-hydrogen) atoms. The number of methoxy groups -OCH3 is 1. The normalized spacial score (nSPS) is 13.6. The summed E-state index contributed by atoms with van der Waals surface area (Å²) in [6.45, 7) is 3.57. The van der Waals surface area contributed by atoms with Crippen molar-refractivity contribution in [2.45, 2.75) is 11.6 Å². The smallest absolute Gasteiger partial charge is 0.233 e. The van der Waals surface area contributed by atoms with Crippen molar-refractivity contribution in [2.75, 3.05) is 49.3 Å². The number of hydrogen-bond donors (Lipinski definition) is 1. The molecule has 9 heteroatoms. The van der Waals surface area contributed by atoms with Crippen molar-refractivity contribution in [1.29, 1.82) is 0 Å². The lowest BCUT2D eigenvalue weighted by molar-refractivity contribution is -0.128. The first-order chi connectivity index (χ1) is 16.1. The number of halogens is 1. The number of amides is 1. The summed E-state index contributed by atoms with van der Waals surface area (Å²) in [5.74, 6) is 2.05. The fourth-order valence-corrected chi connectivity index (χ4v) is 4.52. The number of benzene rings is 2. The molecule has 0 saturated carbocycles. The Morgan fingerprint density at radius 2 is 1.85 bits per heavy atom. The lowest BCUT2D eigenvalue weighted by Gasteiger charge is -2.36. The molecule has 2 heterocycles. The largest absolute Gasteiger partial charge is 0.495 e. The van der Waals surface area contributed by atoms with E-state index >= 15 is 0 Å². The molecule has 0 aliphatic carbocycles. The number of aromatic nitrogens is 2. The number of nitrogens with zero attached hydrogens (tertiary/aromatic N) is 4. The molecule has 0 bridgehead atoms. The standard InChI is InChI=1S/C24H26ClN5O2S/c1-32-21-5-3-2-4-20(21)29-10-12-30(13-11-29)24(31)16-33-23-14-22(27-17-28-23)26-15-18-6-8-19(25)9-7-18/h2-9,14,17H,10-13,15-16H2,1H3,(H,26,27,28). The van der Waals surface area contributed by atoms with Crippen LogP contribution in [-0.2, 0) is 11.3 Å². The molecular weight excluding hydrogens is 458 g/mol. The maximum Gasteiger partial charge on any atom is 0.233 e. The van der Waals surface area contributed by atoms with Crippen LogP contribution in [-0.4, -0.2) is 59.8 Å². The Bertz CT molecular complexity index is 1070. The number of carbonyl (C=O) groups excluding carboxylic acids is 1. The number of piperazine rings is 1. The summed E-state index contributed by atoms with van der Waals surface area (Å²) in [4.78, 5) is 25.5. The van der Waals surface area contributed by atoms with Crippen LogP contribution in [0.25, 0.3) is 0 Å². The van der Waals surface area contributed by atoms with Gasteiger partial charge in [0.25, 0.3) is 0 Å². The van der Waals surface area contributed by atoms with Crippen molar-refractivity contribution in [2.24, 2.45) is 0 Å². The minimum atomic E-state index is 0.119. The van der Waals surface area contributed by atoms with Crippen LogP contribution >= 0.6 is 23.4 Å². The van der Waals surface area contributed by atoms with Crippen LogP contribution < -0.4 is 15.0 Å². The summed E-state index contributed by atoms with van der Waals surface area (Å²) in [7, 11) is 1.68. The van der Waals surface area contributed by atoms with Crippen molar-refractivity contribution in [3.8, 4) is 5.75 Å². The first-order valence-electron chi connectivity index (χ1n) is 10.7. The van der Waals surface area contributed by atoms with E-state index in [1.54, 1.807) is 7.11 Å². The van der Waals surface area contributed by atoms with E-state index in [2.05, 4.69) is 26.3 Å². The van der Waals surface area contributed by atoms with Gasteiger partial charge in [0, 0.05) is 43.8 Å². The highest BCUT2D eigenvalue weighted by atomic mass is 35.5. The van der Waals surface area contributed by atoms with Crippen molar-refractivity contribution in [1.82, 2.24) is 14.9 Å². The van der Waals surface area contributed by atoms with Gasteiger partial charge in [-0.2, -0.15) is 0 Å². The second-order valence-corrected chi connectivity index (χ2v) is 8.98. The quantitative estimate of drug-likeness (QED) is 0.380. The van der Waals surface area contributed by atoms with Gasteiger partial charge in [0.2, 0.25) is 5.91 Å². The Kier molecular flexibility index (Phi) is 7.91. The number of ether oxygens (including phenoxy) is 1. The van der Waals surface area contributed by atoms with Crippen LogP contribution in [0.2, 0.25) is 5.02 Å².